The van der Waals surface area contributed by atoms with E-state index in [9.17, 15) is 4.79 Å². The van der Waals surface area contributed by atoms with Gasteiger partial charge in [-0.25, -0.2) is 0 Å². The Bertz CT molecular complexity index is 266. The molecular weight excluding hydrogens is 346 g/mol. The molecule has 0 aromatic heterocycles. The van der Waals surface area contributed by atoms with E-state index in [0.717, 1.165) is 29.9 Å². The number of rotatable bonds is 5. The van der Waals surface area contributed by atoms with Gasteiger partial charge in [0.05, 0.1) is 5.54 Å². The van der Waals surface area contributed by atoms with Crippen molar-refractivity contribution in [2.45, 2.75) is 52.0 Å². The van der Waals surface area contributed by atoms with Crippen molar-refractivity contribution in [2.75, 3.05) is 10.7 Å². The maximum absolute atomic E-state index is 12.4. The third-order valence-electron chi connectivity index (χ3n) is 4.15. The zero-order valence-corrected chi connectivity index (χ0v) is 14.2. The SMILES string of the molecule is CCC(CBr)(CBr)NC(=O)C1CCCC1(C)C. The number of amides is 1. The highest BCUT2D eigenvalue weighted by atomic mass is 79.9. The molecule has 0 saturated heterocycles. The van der Waals surface area contributed by atoms with Gasteiger partial charge in [-0.2, -0.15) is 0 Å². The van der Waals surface area contributed by atoms with Crippen LogP contribution in [0.1, 0.15) is 46.5 Å². The highest BCUT2D eigenvalue weighted by Crippen LogP contribution is 2.42. The molecule has 4 heteroatoms. The number of halogens is 2. The van der Waals surface area contributed by atoms with E-state index in [1.165, 1.54) is 6.42 Å². The van der Waals surface area contributed by atoms with Gasteiger partial charge in [0.15, 0.2) is 0 Å². The summed E-state index contributed by atoms with van der Waals surface area (Å²) in [7, 11) is 0. The Morgan fingerprint density at radius 1 is 1.41 bits per heavy atom. The Labute approximate surface area is 122 Å². The lowest BCUT2D eigenvalue weighted by molar-refractivity contribution is -0.129. The van der Waals surface area contributed by atoms with Crippen LogP contribution < -0.4 is 5.32 Å². The zero-order chi connectivity index (χ0) is 13.1. The number of alkyl halides is 2. The summed E-state index contributed by atoms with van der Waals surface area (Å²) < 4.78 is 0. The summed E-state index contributed by atoms with van der Waals surface area (Å²) in [5.74, 6) is 0.403. The van der Waals surface area contributed by atoms with E-state index < -0.39 is 0 Å². The third-order valence-corrected chi connectivity index (χ3v) is 6.30. The van der Waals surface area contributed by atoms with Crippen LogP contribution >= 0.6 is 31.9 Å². The van der Waals surface area contributed by atoms with E-state index in [0.29, 0.717) is 0 Å². The summed E-state index contributed by atoms with van der Waals surface area (Å²) in [6.45, 7) is 6.53. The fourth-order valence-electron chi connectivity index (χ4n) is 2.54. The zero-order valence-electron chi connectivity index (χ0n) is 11.0. The van der Waals surface area contributed by atoms with Crippen LogP contribution in [0.5, 0.6) is 0 Å². The quantitative estimate of drug-likeness (QED) is 0.733. The molecule has 0 spiro atoms. The molecule has 1 saturated carbocycles. The number of carbonyl (C=O) groups is 1. The van der Waals surface area contributed by atoms with Gasteiger partial charge in [0, 0.05) is 16.6 Å². The van der Waals surface area contributed by atoms with Crippen molar-refractivity contribution in [3.63, 3.8) is 0 Å². The van der Waals surface area contributed by atoms with E-state index in [1.54, 1.807) is 0 Å². The van der Waals surface area contributed by atoms with E-state index in [4.69, 9.17) is 0 Å². The van der Waals surface area contributed by atoms with E-state index >= 15 is 0 Å². The van der Waals surface area contributed by atoms with Crippen LogP contribution in [0.3, 0.4) is 0 Å². The van der Waals surface area contributed by atoms with Gasteiger partial charge in [-0.1, -0.05) is 59.1 Å². The molecule has 17 heavy (non-hydrogen) atoms. The van der Waals surface area contributed by atoms with Crippen LogP contribution in [-0.2, 0) is 4.79 Å². The van der Waals surface area contributed by atoms with Crippen molar-refractivity contribution in [1.82, 2.24) is 5.32 Å². The molecule has 0 heterocycles. The van der Waals surface area contributed by atoms with E-state index in [-0.39, 0.29) is 22.8 Å². The molecule has 2 nitrogen and oxygen atoms in total. The first-order valence-corrected chi connectivity index (χ1v) is 8.59. The van der Waals surface area contributed by atoms with Crippen molar-refractivity contribution in [3.05, 3.63) is 0 Å². The molecule has 1 N–H and O–H groups in total. The molecule has 1 amide bonds. The van der Waals surface area contributed by atoms with E-state index in [1.807, 2.05) is 0 Å². The Balaban J connectivity index is 2.71. The molecule has 1 fully saturated rings. The number of nitrogens with one attached hydrogen (secondary N) is 1. The topological polar surface area (TPSA) is 29.1 Å². The molecule has 1 aliphatic carbocycles. The number of hydrogen-bond acceptors (Lipinski definition) is 1. The van der Waals surface area contributed by atoms with Crippen LogP contribution in [0.25, 0.3) is 0 Å². The maximum atomic E-state index is 12.4. The molecule has 0 radical (unpaired) electrons. The van der Waals surface area contributed by atoms with Crippen LogP contribution in [-0.4, -0.2) is 22.1 Å². The Morgan fingerprint density at radius 3 is 2.35 bits per heavy atom. The Hall–Kier alpha value is 0.430. The summed E-state index contributed by atoms with van der Waals surface area (Å²) >= 11 is 7.03. The first kappa shape index (κ1) is 15.5. The lowest BCUT2D eigenvalue weighted by Crippen LogP contribution is -2.54. The van der Waals surface area contributed by atoms with Crippen molar-refractivity contribution < 1.29 is 4.79 Å². The molecule has 0 aromatic carbocycles. The van der Waals surface area contributed by atoms with Gasteiger partial charge in [0.2, 0.25) is 5.91 Å². The summed E-state index contributed by atoms with van der Waals surface area (Å²) in [5, 5.41) is 4.83. The van der Waals surface area contributed by atoms with Gasteiger partial charge >= 0.3 is 0 Å². The monoisotopic (exact) mass is 367 g/mol. The Morgan fingerprint density at radius 2 is 2.00 bits per heavy atom. The fourth-order valence-corrected chi connectivity index (χ4v) is 4.54. The predicted octanol–water partition coefficient (Wildman–Crippen LogP) is 3.87. The van der Waals surface area contributed by atoms with Crippen LogP contribution in [0, 0.1) is 11.3 Å². The minimum atomic E-state index is -0.143. The minimum absolute atomic E-state index is 0.143. The molecular formula is C13H23Br2NO. The lowest BCUT2D eigenvalue weighted by Gasteiger charge is -2.34. The second kappa shape index (κ2) is 6.05. The van der Waals surface area contributed by atoms with Gasteiger partial charge in [-0.05, 0) is 24.7 Å². The van der Waals surface area contributed by atoms with Crippen molar-refractivity contribution in [2.24, 2.45) is 11.3 Å². The fraction of sp³-hybridized carbons (Fsp3) is 0.923. The van der Waals surface area contributed by atoms with E-state index in [2.05, 4.69) is 57.9 Å². The molecule has 100 valence electrons. The van der Waals surface area contributed by atoms with Crippen molar-refractivity contribution >= 4 is 37.8 Å². The highest BCUT2D eigenvalue weighted by molar-refractivity contribution is 9.09. The summed E-state index contributed by atoms with van der Waals surface area (Å²) in [5.41, 5.74) is 0.0118. The van der Waals surface area contributed by atoms with Crippen LogP contribution in [0.4, 0.5) is 0 Å². The molecule has 0 bridgehead atoms. The predicted molar refractivity (Wildman–Crippen MR) is 79.9 cm³/mol. The highest BCUT2D eigenvalue weighted by Gasteiger charge is 2.41. The summed E-state index contributed by atoms with van der Waals surface area (Å²) in [4.78, 5) is 12.4. The van der Waals surface area contributed by atoms with Gasteiger partial charge in [-0.3, -0.25) is 4.79 Å². The summed E-state index contributed by atoms with van der Waals surface area (Å²) in [6.07, 6.45) is 4.30. The van der Waals surface area contributed by atoms with Crippen LogP contribution in [0.15, 0.2) is 0 Å². The number of hydrogen-bond donors (Lipinski definition) is 1. The first-order chi connectivity index (χ1) is 7.90. The average molecular weight is 369 g/mol. The third kappa shape index (κ3) is 3.46. The molecule has 1 atom stereocenters. The molecule has 1 rings (SSSR count). The smallest absolute Gasteiger partial charge is 0.224 e. The molecule has 0 aromatic rings. The first-order valence-electron chi connectivity index (χ1n) is 6.35. The van der Waals surface area contributed by atoms with Crippen molar-refractivity contribution in [1.29, 1.82) is 0 Å². The lowest BCUT2D eigenvalue weighted by atomic mass is 9.81. The largest absolute Gasteiger partial charge is 0.349 e. The van der Waals surface area contributed by atoms with Gasteiger partial charge < -0.3 is 5.32 Å². The van der Waals surface area contributed by atoms with Crippen LogP contribution in [0.2, 0.25) is 0 Å². The maximum Gasteiger partial charge on any atom is 0.224 e. The van der Waals surface area contributed by atoms with Gasteiger partial charge in [0.25, 0.3) is 0 Å². The van der Waals surface area contributed by atoms with Gasteiger partial charge in [0.1, 0.15) is 0 Å². The summed E-state index contributed by atoms with van der Waals surface area (Å²) in [6, 6.07) is 0. The Kier molecular flexibility index (Phi) is 5.51. The number of carbonyl (C=O) groups excluding carboxylic acids is 1. The molecule has 0 aliphatic heterocycles. The second-order valence-electron chi connectivity index (χ2n) is 5.82. The van der Waals surface area contributed by atoms with Gasteiger partial charge in [-0.15, -0.1) is 0 Å². The minimum Gasteiger partial charge on any atom is -0.349 e. The van der Waals surface area contributed by atoms with Crippen molar-refractivity contribution in [3.8, 4) is 0 Å². The average Bonchev–Trinajstić information content (AvgIpc) is 2.66. The normalized spacial score (nSPS) is 23.7. The molecule has 1 aliphatic rings. The molecule has 1 unspecified atom stereocenters. The second-order valence-corrected chi connectivity index (χ2v) is 6.95. The standard InChI is InChI=1S/C13H23Br2NO/c1-4-13(8-14,9-15)16-11(17)10-6-5-7-12(10,2)3/h10H,4-9H2,1-3H3,(H,16,17).